The molecule has 7 nitrogen and oxygen atoms in total. The normalized spacial score (nSPS) is 12.5. The molecule has 0 radical (unpaired) electrons. The summed E-state index contributed by atoms with van der Waals surface area (Å²) in [7, 11) is -4.94. The molecule has 0 saturated carbocycles. The Morgan fingerprint density at radius 1 is 0.364 bits per heavy atom. The smallest absolute Gasteiger partial charge is 0.381 e. The monoisotopic (exact) mass is 510 g/mol. The van der Waals surface area contributed by atoms with Crippen molar-refractivity contribution in [2.75, 3.05) is 52.9 Å². The van der Waals surface area contributed by atoms with Gasteiger partial charge >= 0.3 is 17.6 Å². The van der Waals surface area contributed by atoms with Gasteiger partial charge in [-0.05, 0) is 67.2 Å². The largest absolute Gasteiger partial charge is 0.500 e. The molecule has 0 fully saturated rings. The molecule has 0 aliphatic carbocycles. The number of rotatable bonds is 26. The summed E-state index contributed by atoms with van der Waals surface area (Å²) >= 11 is 0. The molecule has 0 N–H and O–H groups in total. The Labute approximate surface area is 206 Å². The zero-order valence-corrected chi connectivity index (χ0v) is 24.6. The number of hydrogen-bond acceptors (Lipinski definition) is 7. The first-order chi connectivity index (χ1) is 16.1. The molecule has 0 spiro atoms. The highest BCUT2D eigenvalue weighted by Crippen LogP contribution is 2.21. The average molecular weight is 511 g/mol. The minimum absolute atomic E-state index is 0.647. The molecule has 0 saturated heterocycles. The lowest BCUT2D eigenvalue weighted by Gasteiger charge is -2.28. The van der Waals surface area contributed by atoms with Gasteiger partial charge in [0.15, 0.2) is 0 Å². The topological polar surface area (TPSA) is 64.6 Å². The number of hydrogen-bond donors (Lipinski definition) is 0. The van der Waals surface area contributed by atoms with E-state index in [-0.39, 0.29) is 0 Å². The van der Waals surface area contributed by atoms with Gasteiger partial charge in [-0.2, -0.15) is 0 Å². The lowest BCUT2D eigenvalue weighted by molar-refractivity contribution is 0.0698. The first kappa shape index (κ1) is 33.2. The number of ether oxygens (including phenoxy) is 1. The molecule has 0 unspecified atom stereocenters. The van der Waals surface area contributed by atoms with Crippen LogP contribution in [0.3, 0.4) is 0 Å². The van der Waals surface area contributed by atoms with Crippen LogP contribution in [0, 0.1) is 0 Å². The van der Waals surface area contributed by atoms with E-state index in [2.05, 4.69) is 0 Å². The molecule has 200 valence electrons. The summed E-state index contributed by atoms with van der Waals surface area (Å²) in [6.45, 7) is 17.6. The average Bonchev–Trinajstić information content (AvgIpc) is 2.78. The van der Waals surface area contributed by atoms with Gasteiger partial charge in [-0.15, -0.1) is 0 Å². The highest BCUT2D eigenvalue weighted by Gasteiger charge is 2.40. The molecule has 0 aromatic carbocycles. The van der Waals surface area contributed by atoms with E-state index in [0.29, 0.717) is 39.6 Å². The van der Waals surface area contributed by atoms with Crippen LogP contribution in [-0.4, -0.2) is 70.5 Å². The Kier molecular flexibility index (Phi) is 22.7. The Morgan fingerprint density at radius 2 is 0.636 bits per heavy atom. The van der Waals surface area contributed by atoms with E-state index in [4.69, 9.17) is 31.3 Å². The molecular weight excluding hydrogens is 456 g/mol. The fourth-order valence-electron chi connectivity index (χ4n) is 3.90. The van der Waals surface area contributed by atoms with Gasteiger partial charge < -0.3 is 31.3 Å². The zero-order valence-electron chi connectivity index (χ0n) is 22.6. The van der Waals surface area contributed by atoms with Crippen molar-refractivity contribution in [3.05, 3.63) is 0 Å². The Morgan fingerprint density at radius 3 is 0.909 bits per heavy atom. The highest BCUT2D eigenvalue weighted by molar-refractivity contribution is 6.61. The van der Waals surface area contributed by atoms with Gasteiger partial charge in [-0.25, -0.2) is 0 Å². The summed E-state index contributed by atoms with van der Waals surface area (Å²) in [6.07, 6.45) is 9.06. The molecule has 9 heteroatoms. The van der Waals surface area contributed by atoms with Crippen LogP contribution in [0.2, 0.25) is 12.1 Å². The molecule has 0 aliphatic rings. The summed E-state index contributed by atoms with van der Waals surface area (Å²) < 4.78 is 41.3. The van der Waals surface area contributed by atoms with Crippen molar-refractivity contribution in [2.24, 2.45) is 0 Å². The molecule has 0 aromatic heterocycles. The van der Waals surface area contributed by atoms with Gasteiger partial charge in [0.25, 0.3) is 0 Å². The molecule has 0 aliphatic heterocycles. The third-order valence-electron chi connectivity index (χ3n) is 5.23. The second-order valence-corrected chi connectivity index (χ2v) is 13.4. The van der Waals surface area contributed by atoms with Crippen molar-refractivity contribution in [2.45, 2.75) is 105 Å². The van der Waals surface area contributed by atoms with Crippen LogP contribution in [-0.2, 0) is 31.3 Å². The maximum atomic E-state index is 5.92. The fraction of sp³-hybridized carbons (Fsp3) is 1.00. The summed E-state index contributed by atoms with van der Waals surface area (Å²) in [5.41, 5.74) is 0. The van der Waals surface area contributed by atoms with Crippen LogP contribution in [0.1, 0.15) is 92.9 Å². The first-order valence-corrected chi connectivity index (χ1v) is 17.3. The highest BCUT2D eigenvalue weighted by atomic mass is 28.4. The van der Waals surface area contributed by atoms with Crippen molar-refractivity contribution >= 4 is 17.6 Å². The fourth-order valence-corrected chi connectivity index (χ4v) is 9.27. The van der Waals surface area contributed by atoms with Crippen molar-refractivity contribution in [3.8, 4) is 0 Å². The van der Waals surface area contributed by atoms with Gasteiger partial charge in [-0.1, -0.05) is 25.7 Å². The zero-order chi connectivity index (χ0) is 24.7. The van der Waals surface area contributed by atoms with E-state index in [9.17, 15) is 0 Å². The van der Waals surface area contributed by atoms with Crippen LogP contribution >= 0.6 is 0 Å². The summed E-state index contributed by atoms with van der Waals surface area (Å²) in [4.78, 5) is 0. The van der Waals surface area contributed by atoms with Gasteiger partial charge in [0, 0.05) is 64.9 Å². The molecule has 0 aromatic rings. The van der Waals surface area contributed by atoms with Gasteiger partial charge in [0.1, 0.15) is 0 Å². The molecular formula is C24H54O7Si2. The first-order valence-electron chi connectivity index (χ1n) is 13.5. The predicted octanol–water partition coefficient (Wildman–Crippen LogP) is 6.22. The third kappa shape index (κ3) is 16.5. The van der Waals surface area contributed by atoms with Crippen LogP contribution in [0.4, 0.5) is 0 Å². The van der Waals surface area contributed by atoms with Crippen LogP contribution in [0.5, 0.6) is 0 Å². The quantitative estimate of drug-likeness (QED) is 0.101. The Hall–Kier alpha value is 0.154. The molecule has 33 heavy (non-hydrogen) atoms. The van der Waals surface area contributed by atoms with Crippen LogP contribution < -0.4 is 0 Å². The van der Waals surface area contributed by atoms with Crippen LogP contribution in [0.15, 0.2) is 0 Å². The maximum Gasteiger partial charge on any atom is 0.500 e. The van der Waals surface area contributed by atoms with Crippen molar-refractivity contribution in [3.63, 3.8) is 0 Å². The van der Waals surface area contributed by atoms with E-state index >= 15 is 0 Å². The molecule has 0 atom stereocenters. The lowest BCUT2D eigenvalue weighted by atomic mass is 10.2. The Balaban J connectivity index is 3.79. The number of unbranched alkanes of at least 4 members (excludes halogenated alkanes) is 6. The van der Waals surface area contributed by atoms with Crippen LogP contribution in [0.25, 0.3) is 0 Å². The summed E-state index contributed by atoms with van der Waals surface area (Å²) in [6, 6.07) is 1.81. The SMILES string of the molecule is CCO[Si](CCCCCCOCCCCCC[Si](OCC)(OCC)OCC)(OCC)OCC. The molecule has 0 rings (SSSR count). The minimum Gasteiger partial charge on any atom is -0.381 e. The van der Waals surface area contributed by atoms with Crippen molar-refractivity contribution in [1.82, 2.24) is 0 Å². The van der Waals surface area contributed by atoms with Crippen molar-refractivity contribution < 1.29 is 31.3 Å². The second-order valence-electron chi connectivity index (χ2n) is 7.90. The minimum atomic E-state index is -2.47. The molecule has 0 amide bonds. The van der Waals surface area contributed by atoms with E-state index in [0.717, 1.165) is 63.8 Å². The van der Waals surface area contributed by atoms with E-state index in [1.165, 1.54) is 12.8 Å². The Bertz CT molecular complexity index is 346. The molecule has 0 heterocycles. The maximum absolute atomic E-state index is 5.92. The van der Waals surface area contributed by atoms with E-state index in [1.807, 2.05) is 41.5 Å². The van der Waals surface area contributed by atoms with Gasteiger partial charge in [0.05, 0.1) is 0 Å². The van der Waals surface area contributed by atoms with E-state index < -0.39 is 17.6 Å². The van der Waals surface area contributed by atoms with Gasteiger partial charge in [0.2, 0.25) is 0 Å². The summed E-state index contributed by atoms with van der Waals surface area (Å²) in [5.74, 6) is 0. The van der Waals surface area contributed by atoms with Gasteiger partial charge in [-0.3, -0.25) is 0 Å². The summed E-state index contributed by atoms with van der Waals surface area (Å²) in [5, 5.41) is 0. The van der Waals surface area contributed by atoms with Crippen molar-refractivity contribution in [1.29, 1.82) is 0 Å². The van der Waals surface area contributed by atoms with E-state index in [1.54, 1.807) is 0 Å². The third-order valence-corrected chi connectivity index (χ3v) is 11.5. The molecule has 0 bridgehead atoms. The second kappa shape index (κ2) is 22.6. The predicted molar refractivity (Wildman–Crippen MR) is 139 cm³/mol. The lowest BCUT2D eigenvalue weighted by Crippen LogP contribution is -2.45. The standard InChI is InChI=1S/C24H54O7Si2/c1-7-26-32(27-8-2,28-9-3)23-19-15-13-17-21-25-22-18-14-16-20-24-33(29-10-4,30-11-5)31-12-6/h7-24H2,1-6H3.